The molecule has 0 amide bonds. The van der Waals surface area contributed by atoms with Crippen molar-refractivity contribution in [2.75, 3.05) is 7.11 Å². The Morgan fingerprint density at radius 1 is 1.13 bits per heavy atom. The van der Waals surface area contributed by atoms with E-state index in [9.17, 15) is 0 Å². The summed E-state index contributed by atoms with van der Waals surface area (Å²) < 4.78 is 11.8. The first-order valence-corrected chi connectivity index (χ1v) is 8.31. The zero-order valence-electron chi connectivity index (χ0n) is 14.8. The van der Waals surface area contributed by atoms with Crippen molar-refractivity contribution >= 4 is 24.5 Å². The van der Waals surface area contributed by atoms with Crippen molar-refractivity contribution in [3.05, 3.63) is 41.6 Å². The van der Waals surface area contributed by atoms with Crippen molar-refractivity contribution in [2.45, 2.75) is 51.1 Å². The van der Waals surface area contributed by atoms with Crippen molar-refractivity contribution in [3.8, 4) is 0 Å². The third kappa shape index (κ3) is 2.98. The fourth-order valence-corrected chi connectivity index (χ4v) is 3.00. The van der Waals surface area contributed by atoms with Gasteiger partial charge in [-0.2, -0.15) is 0 Å². The molecule has 0 fully saturated rings. The predicted octanol–water partition coefficient (Wildman–Crippen LogP) is 4.10. The fraction of sp³-hybridized carbons (Fsp3) is 0.474. The maximum Gasteiger partial charge on any atom is 0.283 e. The summed E-state index contributed by atoms with van der Waals surface area (Å²) in [6.45, 7) is 8.34. The van der Waals surface area contributed by atoms with E-state index in [4.69, 9.17) is 9.39 Å². The van der Waals surface area contributed by atoms with E-state index in [1.54, 1.807) is 7.11 Å². The second-order valence-corrected chi connectivity index (χ2v) is 7.42. The Bertz CT molecular complexity index is 730. The van der Waals surface area contributed by atoms with Crippen LogP contribution >= 0.6 is 0 Å². The third-order valence-corrected chi connectivity index (χ3v) is 5.47. The van der Waals surface area contributed by atoms with Gasteiger partial charge in [0.15, 0.2) is 0 Å². The molecule has 1 aromatic carbocycles. The van der Waals surface area contributed by atoms with Gasteiger partial charge in [-0.1, -0.05) is 24.3 Å². The van der Waals surface area contributed by atoms with E-state index in [1.165, 1.54) is 22.2 Å². The van der Waals surface area contributed by atoms with Crippen LogP contribution in [0, 0.1) is 0 Å². The summed E-state index contributed by atoms with van der Waals surface area (Å²) in [7, 11) is 2.44. The molecular weight excluding hydrogens is 285 g/mol. The molecule has 2 aromatic rings. The number of nitrogens with one attached hydrogen (secondary N) is 1. The summed E-state index contributed by atoms with van der Waals surface area (Å²) in [5.41, 5.74) is 3.19. The third-order valence-electron chi connectivity index (χ3n) is 5.47. The summed E-state index contributed by atoms with van der Waals surface area (Å²) in [5, 5.41) is 1.33. The van der Waals surface area contributed by atoms with E-state index < -0.39 is 0 Å². The zero-order chi connectivity index (χ0) is 16.7. The topological polar surface area (TPSA) is 34.2 Å². The minimum Gasteiger partial charge on any atom is -0.431 e. The molecule has 1 N–H and O–H groups in total. The average molecular weight is 311 g/mol. The lowest BCUT2D eigenvalue weighted by Gasteiger charge is -2.41. The van der Waals surface area contributed by atoms with E-state index in [-0.39, 0.29) is 11.2 Å². The summed E-state index contributed by atoms with van der Waals surface area (Å²) in [6, 6.07) is 8.51. The van der Waals surface area contributed by atoms with Crippen LogP contribution in [0.1, 0.15) is 39.0 Å². The molecule has 0 saturated carbocycles. The number of aromatic nitrogens is 1. The highest BCUT2D eigenvalue weighted by molar-refractivity contribution is 6.31. The maximum absolute atomic E-state index is 6.24. The molecule has 1 atom stereocenters. The second-order valence-electron chi connectivity index (χ2n) is 7.42. The van der Waals surface area contributed by atoms with Crippen LogP contribution in [0.15, 0.2) is 30.3 Å². The highest BCUT2D eigenvalue weighted by Crippen LogP contribution is 2.34. The van der Waals surface area contributed by atoms with Gasteiger partial charge in [0.25, 0.3) is 7.48 Å². The molecule has 0 saturated heterocycles. The Kier molecular flexibility index (Phi) is 4.15. The van der Waals surface area contributed by atoms with Crippen LogP contribution in [0.4, 0.5) is 0 Å². The Morgan fingerprint density at radius 3 is 2.61 bits per heavy atom. The molecule has 1 aromatic heterocycles. The highest BCUT2D eigenvalue weighted by Gasteiger charge is 2.38. The van der Waals surface area contributed by atoms with Gasteiger partial charge in [0.05, 0.1) is 11.2 Å². The number of rotatable bonds is 5. The van der Waals surface area contributed by atoms with E-state index >= 15 is 0 Å². The molecule has 1 aliphatic carbocycles. The molecule has 23 heavy (non-hydrogen) atoms. The van der Waals surface area contributed by atoms with Crippen LogP contribution in [0.25, 0.3) is 17.0 Å². The Balaban J connectivity index is 1.73. The van der Waals surface area contributed by atoms with Crippen LogP contribution < -0.4 is 0 Å². The number of ether oxygens (including phenoxy) is 1. The summed E-state index contributed by atoms with van der Waals surface area (Å²) >= 11 is 0. The van der Waals surface area contributed by atoms with Crippen molar-refractivity contribution in [3.63, 3.8) is 0 Å². The quantitative estimate of drug-likeness (QED) is 0.844. The molecule has 0 spiro atoms. The molecule has 1 unspecified atom stereocenters. The number of para-hydroxylation sites is 1. The average Bonchev–Trinajstić information content (AvgIpc) is 2.90. The van der Waals surface area contributed by atoms with Crippen LogP contribution in [-0.4, -0.2) is 30.8 Å². The first-order valence-electron chi connectivity index (χ1n) is 8.31. The van der Waals surface area contributed by atoms with E-state index in [0.29, 0.717) is 13.3 Å². The number of aromatic amines is 1. The minimum absolute atomic E-state index is 0.322. The van der Waals surface area contributed by atoms with Gasteiger partial charge in [-0.3, -0.25) is 0 Å². The Hall–Kier alpha value is -1.52. The number of fused-ring (bicyclic) bond motifs is 3. The van der Waals surface area contributed by atoms with Gasteiger partial charge in [0.1, 0.15) is 0 Å². The standard InChI is InChI=1S/C19H26BNO2/c1-18(2,22-5)19(3,4)23-20-13-10-11-17-15(12-13)14-8-6-7-9-16(14)21-17/h6-11,13,20-21H,12H2,1-5H3. The molecule has 4 heteroatoms. The normalized spacial score (nSPS) is 18.2. The molecule has 3 nitrogen and oxygen atoms in total. The van der Waals surface area contributed by atoms with Gasteiger partial charge in [-0.05, 0) is 57.6 Å². The number of benzene rings is 1. The molecule has 0 aliphatic heterocycles. The molecule has 122 valence electrons. The van der Waals surface area contributed by atoms with Gasteiger partial charge < -0.3 is 14.4 Å². The number of hydrogen-bond donors (Lipinski definition) is 1. The molecule has 1 aliphatic rings. The highest BCUT2D eigenvalue weighted by atomic mass is 16.5. The van der Waals surface area contributed by atoms with Gasteiger partial charge in [-0.25, -0.2) is 0 Å². The second kappa shape index (κ2) is 5.84. The molecule has 1 heterocycles. The van der Waals surface area contributed by atoms with Gasteiger partial charge in [0.2, 0.25) is 0 Å². The van der Waals surface area contributed by atoms with Gasteiger partial charge in [-0.15, -0.1) is 0 Å². The number of hydrogen-bond acceptors (Lipinski definition) is 2. The SMILES string of the molecule is COC(C)(C)C(C)(C)OBC1C=Cc2[nH]c3ccccc3c2C1. The molecular formula is C19H26BNO2. The molecule has 3 rings (SSSR count). The van der Waals surface area contributed by atoms with Crippen molar-refractivity contribution < 1.29 is 9.39 Å². The van der Waals surface area contributed by atoms with E-state index in [2.05, 4.69) is 69.1 Å². The lowest BCUT2D eigenvalue weighted by Crippen LogP contribution is -2.49. The van der Waals surface area contributed by atoms with Crippen LogP contribution in [0.3, 0.4) is 0 Å². The number of H-pyrrole nitrogens is 1. The lowest BCUT2D eigenvalue weighted by molar-refractivity contribution is -0.115. The summed E-state index contributed by atoms with van der Waals surface area (Å²) in [6.07, 6.45) is 5.47. The van der Waals surface area contributed by atoms with Crippen molar-refractivity contribution in [1.82, 2.24) is 4.98 Å². The Morgan fingerprint density at radius 2 is 1.87 bits per heavy atom. The summed E-state index contributed by atoms with van der Waals surface area (Å²) in [4.78, 5) is 3.49. The first kappa shape index (κ1) is 16.3. The van der Waals surface area contributed by atoms with Crippen molar-refractivity contribution in [1.29, 1.82) is 0 Å². The van der Waals surface area contributed by atoms with Crippen LogP contribution in [-0.2, 0) is 15.8 Å². The molecule has 0 radical (unpaired) electrons. The Labute approximate surface area is 139 Å². The van der Waals surface area contributed by atoms with E-state index in [0.717, 1.165) is 6.42 Å². The monoisotopic (exact) mass is 311 g/mol. The number of methoxy groups -OCH3 is 1. The summed E-state index contributed by atoms with van der Waals surface area (Å²) in [5.74, 6) is 0.397. The lowest BCUT2D eigenvalue weighted by atomic mass is 9.71. The fourth-order valence-electron chi connectivity index (χ4n) is 3.00. The maximum atomic E-state index is 6.24. The van der Waals surface area contributed by atoms with Crippen molar-refractivity contribution in [2.24, 2.45) is 0 Å². The minimum atomic E-state index is -0.337. The van der Waals surface area contributed by atoms with Crippen LogP contribution in [0.5, 0.6) is 0 Å². The number of allylic oxidation sites excluding steroid dienone is 1. The van der Waals surface area contributed by atoms with Crippen LogP contribution in [0.2, 0.25) is 5.82 Å². The zero-order valence-corrected chi connectivity index (χ0v) is 14.8. The van der Waals surface area contributed by atoms with Gasteiger partial charge >= 0.3 is 0 Å². The largest absolute Gasteiger partial charge is 0.431 e. The predicted molar refractivity (Wildman–Crippen MR) is 98.2 cm³/mol. The smallest absolute Gasteiger partial charge is 0.283 e. The van der Waals surface area contributed by atoms with E-state index in [1.807, 2.05) is 0 Å². The first-order chi connectivity index (χ1) is 10.8. The van der Waals surface area contributed by atoms with Gasteiger partial charge in [0, 0.05) is 23.7 Å². The molecule has 0 bridgehead atoms.